The minimum Gasteiger partial charge on any atom is -0.367 e. The van der Waals surface area contributed by atoms with Gasteiger partial charge in [0.05, 0.1) is 11.6 Å². The van der Waals surface area contributed by atoms with Gasteiger partial charge < -0.3 is 10.1 Å². The zero-order valence-electron chi connectivity index (χ0n) is 11.7. The number of aromatic nitrogens is 1. The van der Waals surface area contributed by atoms with Crippen molar-refractivity contribution in [2.45, 2.75) is 24.5 Å². The molecule has 3 heterocycles. The highest BCUT2D eigenvalue weighted by atomic mass is 35.5. The highest BCUT2D eigenvalue weighted by Gasteiger charge is 2.47. The molecule has 4 rings (SSSR count). The molecule has 1 N–H and O–H groups in total. The van der Waals surface area contributed by atoms with E-state index in [2.05, 4.69) is 34.6 Å². The lowest BCUT2D eigenvalue weighted by atomic mass is 9.91. The third kappa shape index (κ3) is 2.46. The second kappa shape index (κ2) is 5.09. The Bertz CT molecular complexity index is 631. The second-order valence-corrected chi connectivity index (χ2v) is 6.37. The van der Waals surface area contributed by atoms with Gasteiger partial charge in [-0.15, -0.1) is 0 Å². The lowest BCUT2D eigenvalue weighted by Gasteiger charge is -2.27. The third-order valence-electron chi connectivity index (χ3n) is 4.47. The van der Waals surface area contributed by atoms with Gasteiger partial charge in [0, 0.05) is 30.9 Å². The average molecular weight is 301 g/mol. The molecule has 108 valence electrons. The van der Waals surface area contributed by atoms with E-state index in [1.807, 2.05) is 12.1 Å². The Labute approximate surface area is 129 Å². The van der Waals surface area contributed by atoms with Gasteiger partial charge in [-0.25, -0.2) is 0 Å². The molecule has 2 bridgehead atoms. The fourth-order valence-electron chi connectivity index (χ4n) is 3.29. The molecular weight excluding hydrogens is 284 g/mol. The van der Waals surface area contributed by atoms with Crippen LogP contribution in [0, 0.1) is 0 Å². The standard InChI is InChI=1S/C17H17ClN2O/c18-14-5-6-15(19-9-14)7-12-1-3-13(4-2-12)17-8-16(10-21-17)20-11-17/h1-6,9,16,20H,7-8,10-11H2/t16-,17-/m0/s1. The predicted octanol–water partition coefficient (Wildman–Crippen LogP) is 2.91. The van der Waals surface area contributed by atoms with Crippen molar-refractivity contribution >= 4 is 11.6 Å². The Balaban J connectivity index is 1.52. The van der Waals surface area contributed by atoms with Crippen molar-refractivity contribution in [2.75, 3.05) is 13.2 Å². The van der Waals surface area contributed by atoms with Crippen molar-refractivity contribution in [2.24, 2.45) is 0 Å². The van der Waals surface area contributed by atoms with E-state index in [0.717, 1.165) is 31.7 Å². The summed E-state index contributed by atoms with van der Waals surface area (Å²) < 4.78 is 6.01. The van der Waals surface area contributed by atoms with Crippen LogP contribution in [0.1, 0.15) is 23.2 Å². The number of rotatable bonds is 3. The second-order valence-electron chi connectivity index (χ2n) is 5.93. The van der Waals surface area contributed by atoms with Crippen molar-refractivity contribution in [1.82, 2.24) is 10.3 Å². The van der Waals surface area contributed by atoms with Crippen LogP contribution in [0.4, 0.5) is 0 Å². The Hall–Kier alpha value is -1.42. The van der Waals surface area contributed by atoms with Crippen LogP contribution in [0.2, 0.25) is 5.02 Å². The molecule has 0 aliphatic carbocycles. The number of morpholine rings is 1. The van der Waals surface area contributed by atoms with Crippen LogP contribution in [-0.4, -0.2) is 24.2 Å². The summed E-state index contributed by atoms with van der Waals surface area (Å²) >= 11 is 5.86. The Kier molecular flexibility index (Phi) is 3.21. The molecule has 3 nitrogen and oxygen atoms in total. The Morgan fingerprint density at radius 2 is 2.10 bits per heavy atom. The zero-order chi connectivity index (χ0) is 14.3. The van der Waals surface area contributed by atoms with Crippen molar-refractivity contribution < 1.29 is 4.74 Å². The van der Waals surface area contributed by atoms with Gasteiger partial charge in [-0.2, -0.15) is 0 Å². The highest BCUT2D eigenvalue weighted by molar-refractivity contribution is 6.30. The normalized spacial score (nSPS) is 27.2. The van der Waals surface area contributed by atoms with Crippen LogP contribution >= 0.6 is 11.6 Å². The number of ether oxygens (including phenoxy) is 1. The molecule has 0 radical (unpaired) electrons. The first-order chi connectivity index (χ1) is 10.2. The maximum absolute atomic E-state index is 6.01. The van der Waals surface area contributed by atoms with Crippen molar-refractivity contribution in [3.8, 4) is 0 Å². The molecule has 21 heavy (non-hydrogen) atoms. The fraction of sp³-hybridized carbons (Fsp3) is 0.353. The van der Waals surface area contributed by atoms with Gasteiger partial charge in [-0.3, -0.25) is 4.98 Å². The summed E-state index contributed by atoms with van der Waals surface area (Å²) in [6.45, 7) is 1.76. The molecule has 1 aromatic carbocycles. The van der Waals surface area contributed by atoms with Crippen molar-refractivity contribution in [3.63, 3.8) is 0 Å². The Morgan fingerprint density at radius 3 is 2.67 bits per heavy atom. The molecule has 2 saturated heterocycles. The number of halogens is 1. The number of pyridine rings is 1. The molecule has 2 atom stereocenters. The minimum atomic E-state index is -0.0955. The van der Waals surface area contributed by atoms with Crippen molar-refractivity contribution in [1.29, 1.82) is 0 Å². The number of nitrogens with zero attached hydrogens (tertiary/aromatic N) is 1. The quantitative estimate of drug-likeness (QED) is 0.946. The van der Waals surface area contributed by atoms with E-state index in [1.165, 1.54) is 11.1 Å². The van der Waals surface area contributed by atoms with Gasteiger partial charge in [0.2, 0.25) is 0 Å². The number of nitrogens with one attached hydrogen (secondary N) is 1. The number of hydrogen-bond acceptors (Lipinski definition) is 3. The van der Waals surface area contributed by atoms with E-state index in [4.69, 9.17) is 16.3 Å². The van der Waals surface area contributed by atoms with Gasteiger partial charge in [-0.05, 0) is 29.7 Å². The summed E-state index contributed by atoms with van der Waals surface area (Å²) in [5, 5.41) is 4.18. The Morgan fingerprint density at radius 1 is 1.24 bits per heavy atom. The summed E-state index contributed by atoms with van der Waals surface area (Å²) in [5.41, 5.74) is 3.47. The number of benzene rings is 1. The molecule has 2 fully saturated rings. The summed E-state index contributed by atoms with van der Waals surface area (Å²) in [6, 6.07) is 13.1. The van der Waals surface area contributed by atoms with Crippen LogP contribution in [0.5, 0.6) is 0 Å². The molecule has 0 spiro atoms. The third-order valence-corrected chi connectivity index (χ3v) is 4.69. The zero-order valence-corrected chi connectivity index (χ0v) is 12.4. The van der Waals surface area contributed by atoms with Crippen LogP contribution in [0.3, 0.4) is 0 Å². The fourth-order valence-corrected chi connectivity index (χ4v) is 3.40. The summed E-state index contributed by atoms with van der Waals surface area (Å²) in [6.07, 6.45) is 3.61. The van der Waals surface area contributed by atoms with E-state index in [1.54, 1.807) is 6.20 Å². The maximum Gasteiger partial charge on any atom is 0.107 e. The van der Waals surface area contributed by atoms with E-state index in [0.29, 0.717) is 11.1 Å². The first-order valence-electron chi connectivity index (χ1n) is 7.31. The predicted molar refractivity (Wildman–Crippen MR) is 82.5 cm³/mol. The summed E-state index contributed by atoms with van der Waals surface area (Å²) in [4.78, 5) is 4.34. The van der Waals surface area contributed by atoms with Gasteiger partial charge in [-0.1, -0.05) is 35.9 Å². The average Bonchev–Trinajstić information content (AvgIpc) is 3.12. The number of fused-ring (bicyclic) bond motifs is 2. The van der Waals surface area contributed by atoms with Gasteiger partial charge in [0.25, 0.3) is 0 Å². The van der Waals surface area contributed by atoms with E-state index in [-0.39, 0.29) is 5.60 Å². The van der Waals surface area contributed by atoms with Gasteiger partial charge in [0.15, 0.2) is 0 Å². The largest absolute Gasteiger partial charge is 0.367 e. The SMILES string of the molecule is Clc1ccc(Cc2ccc([C@]34CN[C@H](CO3)C4)cc2)nc1. The lowest BCUT2D eigenvalue weighted by molar-refractivity contribution is -0.00959. The molecule has 1 aromatic heterocycles. The molecular formula is C17H17ClN2O. The lowest BCUT2D eigenvalue weighted by Crippen LogP contribution is -2.37. The molecule has 2 aliphatic heterocycles. The van der Waals surface area contributed by atoms with Gasteiger partial charge in [0.1, 0.15) is 5.60 Å². The summed E-state index contributed by atoms with van der Waals surface area (Å²) in [7, 11) is 0. The van der Waals surface area contributed by atoms with Crippen LogP contribution in [0.15, 0.2) is 42.6 Å². The maximum atomic E-state index is 6.01. The van der Waals surface area contributed by atoms with Crippen LogP contribution in [0.25, 0.3) is 0 Å². The minimum absolute atomic E-state index is 0.0955. The molecule has 4 heteroatoms. The van der Waals surface area contributed by atoms with E-state index < -0.39 is 0 Å². The topological polar surface area (TPSA) is 34.1 Å². The van der Waals surface area contributed by atoms with Crippen LogP contribution in [-0.2, 0) is 16.8 Å². The summed E-state index contributed by atoms with van der Waals surface area (Å²) in [5.74, 6) is 0. The molecule has 0 amide bonds. The molecule has 2 aromatic rings. The molecule has 0 saturated carbocycles. The van der Waals surface area contributed by atoms with E-state index in [9.17, 15) is 0 Å². The number of hydrogen-bond donors (Lipinski definition) is 1. The first kappa shape index (κ1) is 13.3. The monoisotopic (exact) mass is 300 g/mol. The van der Waals surface area contributed by atoms with Gasteiger partial charge >= 0.3 is 0 Å². The first-order valence-corrected chi connectivity index (χ1v) is 7.69. The van der Waals surface area contributed by atoms with E-state index >= 15 is 0 Å². The molecule has 0 unspecified atom stereocenters. The van der Waals surface area contributed by atoms with Crippen molar-refractivity contribution in [3.05, 3.63) is 64.4 Å². The highest BCUT2D eigenvalue weighted by Crippen LogP contribution is 2.40. The van der Waals surface area contributed by atoms with Crippen LogP contribution < -0.4 is 5.32 Å². The smallest absolute Gasteiger partial charge is 0.107 e. The molecule has 2 aliphatic rings.